The van der Waals surface area contributed by atoms with E-state index in [0.717, 1.165) is 39.7 Å². The molecule has 0 amide bonds. The highest BCUT2D eigenvalue weighted by Gasteiger charge is 2.29. The summed E-state index contributed by atoms with van der Waals surface area (Å²) in [7, 11) is 0. The molecule has 0 saturated carbocycles. The Hall–Kier alpha value is -5.12. The van der Waals surface area contributed by atoms with E-state index in [1.807, 2.05) is 25.2 Å². The Kier molecular flexibility index (Phi) is 9.33. The summed E-state index contributed by atoms with van der Waals surface area (Å²) in [4.78, 5) is 4.63. The Labute approximate surface area is 277 Å². The van der Waals surface area contributed by atoms with Crippen LogP contribution in [0.25, 0.3) is 37.0 Å². The second kappa shape index (κ2) is 13.9. The Balaban J connectivity index is 0.000000704. The van der Waals surface area contributed by atoms with E-state index in [0.29, 0.717) is 0 Å². The third-order valence-electron chi connectivity index (χ3n) is 7.94. The van der Waals surface area contributed by atoms with E-state index < -0.39 is 0 Å². The van der Waals surface area contributed by atoms with Gasteiger partial charge in [0.15, 0.2) is 0 Å². The summed E-state index contributed by atoms with van der Waals surface area (Å²) < 4.78 is 2.66. The Morgan fingerprint density at radius 1 is 0.500 bits per heavy atom. The SMILES string of the molecule is C=C1c2ccccc2N(c2ccc(-c3cccc4c3sc3ccccc34)cc2)c2ccccc2N1c1ccccc1.CC.CCC. The van der Waals surface area contributed by atoms with E-state index in [-0.39, 0.29) is 0 Å². The van der Waals surface area contributed by atoms with Crippen LogP contribution in [0.1, 0.15) is 39.7 Å². The zero-order valence-electron chi connectivity index (χ0n) is 27.1. The molecule has 0 saturated heterocycles. The number of thiophene rings is 1. The van der Waals surface area contributed by atoms with Crippen molar-refractivity contribution in [2.75, 3.05) is 9.80 Å². The lowest BCUT2D eigenvalue weighted by atomic mass is 10.0. The highest BCUT2D eigenvalue weighted by atomic mass is 32.1. The van der Waals surface area contributed by atoms with Gasteiger partial charge >= 0.3 is 0 Å². The average molecular weight is 617 g/mol. The van der Waals surface area contributed by atoms with Crippen molar-refractivity contribution >= 4 is 65.6 Å². The topological polar surface area (TPSA) is 6.48 Å². The summed E-state index contributed by atoms with van der Waals surface area (Å²) >= 11 is 1.87. The fraction of sp³-hybridized carbons (Fsp3) is 0.116. The second-order valence-electron chi connectivity index (χ2n) is 11.0. The van der Waals surface area contributed by atoms with Gasteiger partial charge in [-0.3, -0.25) is 0 Å². The van der Waals surface area contributed by atoms with Gasteiger partial charge in [-0.1, -0.05) is 138 Å². The first-order valence-electron chi connectivity index (χ1n) is 16.2. The van der Waals surface area contributed by atoms with Crippen molar-refractivity contribution in [2.45, 2.75) is 34.1 Å². The van der Waals surface area contributed by atoms with Gasteiger partial charge < -0.3 is 9.80 Å². The number of fused-ring (bicyclic) bond motifs is 5. The average Bonchev–Trinajstić information content (AvgIpc) is 3.46. The number of hydrogen-bond donors (Lipinski definition) is 0. The number of para-hydroxylation sites is 4. The van der Waals surface area contributed by atoms with Gasteiger partial charge in [-0.25, -0.2) is 0 Å². The summed E-state index contributed by atoms with van der Waals surface area (Å²) in [6.07, 6.45) is 1.25. The minimum absolute atomic E-state index is 0.954. The number of rotatable bonds is 3. The Morgan fingerprint density at radius 2 is 1.02 bits per heavy atom. The van der Waals surface area contributed by atoms with Gasteiger partial charge in [-0.15, -0.1) is 11.3 Å². The third-order valence-corrected chi connectivity index (χ3v) is 9.16. The molecular weight excluding hydrogens is 577 g/mol. The minimum Gasteiger partial charge on any atom is -0.308 e. The van der Waals surface area contributed by atoms with Gasteiger partial charge in [-0.2, -0.15) is 0 Å². The zero-order valence-corrected chi connectivity index (χ0v) is 27.9. The van der Waals surface area contributed by atoms with Gasteiger partial charge in [0.05, 0.1) is 17.1 Å². The van der Waals surface area contributed by atoms with Crippen molar-refractivity contribution in [3.8, 4) is 11.1 Å². The van der Waals surface area contributed by atoms with Gasteiger partial charge in [0.1, 0.15) is 0 Å². The molecule has 1 aromatic heterocycles. The molecule has 1 aliphatic rings. The first kappa shape index (κ1) is 30.9. The molecule has 46 heavy (non-hydrogen) atoms. The maximum atomic E-state index is 4.60. The van der Waals surface area contributed by atoms with E-state index in [1.165, 1.54) is 37.7 Å². The first-order chi connectivity index (χ1) is 22.7. The summed E-state index contributed by atoms with van der Waals surface area (Å²) in [6.45, 7) is 12.9. The number of anilines is 5. The van der Waals surface area contributed by atoms with E-state index >= 15 is 0 Å². The van der Waals surface area contributed by atoms with Crippen LogP contribution in [0.2, 0.25) is 0 Å². The molecule has 2 nitrogen and oxygen atoms in total. The summed E-state index contributed by atoms with van der Waals surface area (Å²) in [5.41, 5.74) is 10.1. The van der Waals surface area contributed by atoms with Crippen molar-refractivity contribution in [3.63, 3.8) is 0 Å². The van der Waals surface area contributed by atoms with Crippen LogP contribution in [-0.2, 0) is 0 Å². The van der Waals surface area contributed by atoms with Crippen molar-refractivity contribution in [1.29, 1.82) is 0 Å². The fourth-order valence-electron chi connectivity index (χ4n) is 6.07. The normalized spacial score (nSPS) is 12.0. The number of nitrogens with zero attached hydrogens (tertiary/aromatic N) is 2. The lowest BCUT2D eigenvalue weighted by molar-refractivity contribution is 1.09. The summed E-state index contributed by atoms with van der Waals surface area (Å²) in [5, 5.41) is 2.65. The molecule has 6 aromatic carbocycles. The standard InChI is InChI=1S/C38H26N2S.C3H8.C2H6/c1-26-30-14-5-7-18-34(30)40(36-20-9-8-19-35(36)39(26)28-12-3-2-4-13-28)29-24-22-27(23-25-29)31-16-11-17-33-32-15-6-10-21-37(32)41-38(31)33;1-3-2;1-2/h2-25H,1H2;3H2,1-2H3;1-2H3. The molecule has 0 aliphatic carbocycles. The van der Waals surface area contributed by atoms with Crippen molar-refractivity contribution < 1.29 is 0 Å². The van der Waals surface area contributed by atoms with E-state index in [2.05, 4.69) is 176 Å². The van der Waals surface area contributed by atoms with Crippen LogP contribution >= 0.6 is 11.3 Å². The predicted molar refractivity (Wildman–Crippen MR) is 204 cm³/mol. The molecule has 0 N–H and O–H groups in total. The molecule has 0 bridgehead atoms. The maximum absolute atomic E-state index is 4.60. The monoisotopic (exact) mass is 616 g/mol. The fourth-order valence-corrected chi connectivity index (χ4v) is 7.30. The molecule has 0 spiro atoms. The molecule has 0 atom stereocenters. The lowest BCUT2D eigenvalue weighted by Gasteiger charge is -2.28. The second-order valence-corrected chi connectivity index (χ2v) is 12.0. The largest absolute Gasteiger partial charge is 0.308 e. The van der Waals surface area contributed by atoms with Crippen LogP contribution in [0, 0.1) is 0 Å². The molecule has 7 aromatic rings. The van der Waals surface area contributed by atoms with Gasteiger partial charge in [0.2, 0.25) is 0 Å². The number of benzene rings is 6. The van der Waals surface area contributed by atoms with E-state index in [4.69, 9.17) is 0 Å². The zero-order chi connectivity index (χ0) is 32.0. The molecule has 228 valence electrons. The molecule has 0 radical (unpaired) electrons. The van der Waals surface area contributed by atoms with Crippen LogP contribution in [0.3, 0.4) is 0 Å². The molecule has 0 fully saturated rings. The first-order valence-corrected chi connectivity index (χ1v) is 17.0. The van der Waals surface area contributed by atoms with Crippen LogP contribution in [0.5, 0.6) is 0 Å². The third kappa shape index (κ3) is 5.59. The molecular formula is C43H40N2S. The molecule has 3 heteroatoms. The molecule has 1 aliphatic heterocycles. The number of hydrogen-bond acceptors (Lipinski definition) is 3. The van der Waals surface area contributed by atoms with Crippen LogP contribution < -0.4 is 9.80 Å². The minimum atomic E-state index is 0.954. The quantitative estimate of drug-likeness (QED) is 0.195. The van der Waals surface area contributed by atoms with Crippen LogP contribution in [0.15, 0.2) is 152 Å². The van der Waals surface area contributed by atoms with Crippen LogP contribution in [0.4, 0.5) is 28.4 Å². The molecule has 2 heterocycles. The van der Waals surface area contributed by atoms with Gasteiger partial charge in [0.25, 0.3) is 0 Å². The lowest BCUT2D eigenvalue weighted by Crippen LogP contribution is -2.14. The summed E-state index contributed by atoms with van der Waals surface area (Å²) in [5.74, 6) is 0. The van der Waals surface area contributed by atoms with Crippen LogP contribution in [-0.4, -0.2) is 0 Å². The van der Waals surface area contributed by atoms with E-state index in [1.54, 1.807) is 0 Å². The molecule has 0 unspecified atom stereocenters. The molecule has 8 rings (SSSR count). The summed E-state index contributed by atoms with van der Waals surface area (Å²) in [6, 6.07) is 52.0. The highest BCUT2D eigenvalue weighted by Crippen LogP contribution is 2.50. The van der Waals surface area contributed by atoms with Crippen molar-refractivity contribution in [3.05, 3.63) is 158 Å². The smallest absolute Gasteiger partial charge is 0.0702 e. The maximum Gasteiger partial charge on any atom is 0.0702 e. The van der Waals surface area contributed by atoms with E-state index in [9.17, 15) is 0 Å². The Bertz CT molecular complexity index is 2090. The highest BCUT2D eigenvalue weighted by molar-refractivity contribution is 7.26. The van der Waals surface area contributed by atoms with Crippen molar-refractivity contribution in [1.82, 2.24) is 0 Å². The van der Waals surface area contributed by atoms with Gasteiger partial charge in [-0.05, 0) is 59.7 Å². The van der Waals surface area contributed by atoms with Gasteiger partial charge in [0, 0.05) is 42.8 Å². The Morgan fingerprint density at radius 3 is 1.74 bits per heavy atom. The van der Waals surface area contributed by atoms with Crippen molar-refractivity contribution in [2.24, 2.45) is 0 Å². The predicted octanol–water partition coefficient (Wildman–Crippen LogP) is 13.8.